The average Bonchev–Trinajstić information content (AvgIpc) is 3.22. The molecule has 1 aromatic carbocycles. The van der Waals surface area contributed by atoms with E-state index < -0.39 is 0 Å². The van der Waals surface area contributed by atoms with Crippen molar-refractivity contribution in [1.82, 2.24) is 9.80 Å². The molecule has 2 aliphatic carbocycles. The van der Waals surface area contributed by atoms with Crippen LogP contribution >= 0.6 is 11.3 Å². The molecule has 0 N–H and O–H groups in total. The van der Waals surface area contributed by atoms with Gasteiger partial charge in [0.15, 0.2) is 11.5 Å². The van der Waals surface area contributed by atoms with Crippen LogP contribution in [0.2, 0.25) is 0 Å². The summed E-state index contributed by atoms with van der Waals surface area (Å²) in [5.74, 6) is 2.30. The zero-order chi connectivity index (χ0) is 22.6. The molecule has 2 saturated carbocycles. The summed E-state index contributed by atoms with van der Waals surface area (Å²) in [6.07, 6.45) is 8.64. The second kappa shape index (κ2) is 10.2. The molecule has 1 aliphatic heterocycles. The summed E-state index contributed by atoms with van der Waals surface area (Å²) >= 11 is 1.65. The van der Waals surface area contributed by atoms with Crippen molar-refractivity contribution in [3.8, 4) is 11.5 Å². The Morgan fingerprint density at radius 2 is 1.79 bits per heavy atom. The maximum atomic E-state index is 13.5. The molecule has 0 radical (unpaired) electrons. The molecule has 2 heterocycles. The number of hydrogen-bond donors (Lipinski definition) is 0. The van der Waals surface area contributed by atoms with Crippen LogP contribution in [0.1, 0.15) is 61.8 Å². The molecule has 5 rings (SSSR count). The van der Waals surface area contributed by atoms with Crippen LogP contribution in [0.4, 0.5) is 0 Å². The van der Waals surface area contributed by atoms with E-state index in [9.17, 15) is 9.59 Å². The van der Waals surface area contributed by atoms with Gasteiger partial charge >= 0.3 is 0 Å². The SMILES string of the molecule is O=C(CN(C(=O)CCC1CCCC1)C1CC1)N(Cc1ccc2c(c1)OCO2)Cc1cccs1. The van der Waals surface area contributed by atoms with E-state index in [-0.39, 0.29) is 31.2 Å². The van der Waals surface area contributed by atoms with Crippen LogP contribution in [-0.4, -0.2) is 41.0 Å². The van der Waals surface area contributed by atoms with Gasteiger partial charge in [-0.25, -0.2) is 0 Å². The van der Waals surface area contributed by atoms with Gasteiger partial charge in [-0.05, 0) is 54.3 Å². The highest BCUT2D eigenvalue weighted by molar-refractivity contribution is 7.09. The van der Waals surface area contributed by atoms with Crippen molar-refractivity contribution in [2.75, 3.05) is 13.3 Å². The van der Waals surface area contributed by atoms with E-state index in [1.54, 1.807) is 11.3 Å². The number of rotatable bonds is 10. The predicted octanol–water partition coefficient (Wildman–Crippen LogP) is 4.97. The maximum absolute atomic E-state index is 13.5. The van der Waals surface area contributed by atoms with Crippen molar-refractivity contribution in [3.63, 3.8) is 0 Å². The zero-order valence-corrected chi connectivity index (χ0v) is 19.9. The summed E-state index contributed by atoms with van der Waals surface area (Å²) in [4.78, 5) is 31.4. The molecule has 7 heteroatoms. The molecule has 2 fully saturated rings. The first-order chi connectivity index (χ1) is 16.2. The van der Waals surface area contributed by atoms with Crippen molar-refractivity contribution in [2.24, 2.45) is 5.92 Å². The summed E-state index contributed by atoms with van der Waals surface area (Å²) in [6.45, 7) is 1.42. The number of carbonyl (C=O) groups is 2. The lowest BCUT2D eigenvalue weighted by Gasteiger charge is -2.28. The molecule has 176 valence electrons. The zero-order valence-electron chi connectivity index (χ0n) is 19.0. The van der Waals surface area contributed by atoms with Crippen molar-refractivity contribution in [1.29, 1.82) is 0 Å². The van der Waals surface area contributed by atoms with Gasteiger partial charge in [0.2, 0.25) is 18.6 Å². The second-order valence-electron chi connectivity index (χ2n) is 9.46. The molecule has 0 saturated heterocycles. The molecule has 1 aromatic heterocycles. The molecule has 2 aromatic rings. The van der Waals surface area contributed by atoms with Gasteiger partial charge in [0, 0.05) is 23.9 Å². The fourth-order valence-electron chi connectivity index (χ4n) is 4.91. The van der Waals surface area contributed by atoms with E-state index in [0.29, 0.717) is 25.4 Å². The Morgan fingerprint density at radius 1 is 0.970 bits per heavy atom. The second-order valence-corrected chi connectivity index (χ2v) is 10.5. The highest BCUT2D eigenvalue weighted by Gasteiger charge is 2.35. The topological polar surface area (TPSA) is 59.1 Å². The number of benzene rings is 1. The Kier molecular flexibility index (Phi) is 6.85. The van der Waals surface area contributed by atoms with Crippen molar-refractivity contribution < 1.29 is 19.1 Å². The maximum Gasteiger partial charge on any atom is 0.242 e. The van der Waals surface area contributed by atoms with Crippen molar-refractivity contribution in [2.45, 2.75) is 70.5 Å². The summed E-state index contributed by atoms with van der Waals surface area (Å²) < 4.78 is 10.9. The van der Waals surface area contributed by atoms with E-state index in [0.717, 1.165) is 41.2 Å². The van der Waals surface area contributed by atoms with Gasteiger partial charge in [-0.15, -0.1) is 11.3 Å². The van der Waals surface area contributed by atoms with Crippen LogP contribution in [0, 0.1) is 5.92 Å². The Hall–Kier alpha value is -2.54. The molecule has 3 aliphatic rings. The number of amides is 2. The van der Waals surface area contributed by atoms with Crippen LogP contribution in [0.15, 0.2) is 35.7 Å². The lowest BCUT2D eigenvalue weighted by molar-refractivity contribution is -0.141. The number of fused-ring (bicyclic) bond motifs is 1. The number of ether oxygens (including phenoxy) is 2. The summed E-state index contributed by atoms with van der Waals surface area (Å²) in [5.41, 5.74) is 0.995. The quantitative estimate of drug-likeness (QED) is 0.494. The highest BCUT2D eigenvalue weighted by atomic mass is 32.1. The fraction of sp³-hybridized carbons (Fsp3) is 0.538. The number of thiophene rings is 1. The van der Waals surface area contributed by atoms with Gasteiger partial charge in [-0.3, -0.25) is 9.59 Å². The molecule has 33 heavy (non-hydrogen) atoms. The van der Waals surface area contributed by atoms with Crippen LogP contribution < -0.4 is 9.47 Å². The average molecular weight is 469 g/mol. The first-order valence-electron chi connectivity index (χ1n) is 12.1. The van der Waals surface area contributed by atoms with E-state index in [2.05, 4.69) is 6.07 Å². The molecule has 6 nitrogen and oxygen atoms in total. The first kappa shape index (κ1) is 22.3. The van der Waals surface area contributed by atoms with Gasteiger partial charge in [0.25, 0.3) is 0 Å². The van der Waals surface area contributed by atoms with E-state index >= 15 is 0 Å². The number of carbonyl (C=O) groups excluding carboxylic acids is 2. The predicted molar refractivity (Wildman–Crippen MR) is 127 cm³/mol. The molecular weight excluding hydrogens is 436 g/mol. The summed E-state index contributed by atoms with van der Waals surface area (Å²) in [7, 11) is 0. The molecular formula is C26H32N2O4S. The van der Waals surface area contributed by atoms with Gasteiger partial charge < -0.3 is 19.3 Å². The third-order valence-electron chi connectivity index (χ3n) is 6.94. The third-order valence-corrected chi connectivity index (χ3v) is 7.81. The van der Waals surface area contributed by atoms with Gasteiger partial charge in [0.1, 0.15) is 6.54 Å². The number of nitrogens with zero attached hydrogens (tertiary/aromatic N) is 2. The highest BCUT2D eigenvalue weighted by Crippen LogP contribution is 2.34. The lowest BCUT2D eigenvalue weighted by atomic mass is 10.0. The fourth-order valence-corrected chi connectivity index (χ4v) is 5.63. The first-order valence-corrected chi connectivity index (χ1v) is 13.0. The van der Waals surface area contributed by atoms with Crippen molar-refractivity contribution in [3.05, 3.63) is 46.2 Å². The summed E-state index contributed by atoms with van der Waals surface area (Å²) in [5, 5.41) is 2.03. The van der Waals surface area contributed by atoms with Gasteiger partial charge in [-0.1, -0.05) is 37.8 Å². The minimum absolute atomic E-state index is 0.00202. The van der Waals surface area contributed by atoms with Gasteiger partial charge in [0.05, 0.1) is 6.54 Å². The molecule has 0 bridgehead atoms. The van der Waals surface area contributed by atoms with Crippen molar-refractivity contribution >= 4 is 23.2 Å². The van der Waals surface area contributed by atoms with E-state index in [1.807, 2.05) is 39.4 Å². The van der Waals surface area contributed by atoms with E-state index in [4.69, 9.17) is 9.47 Å². The van der Waals surface area contributed by atoms with Gasteiger partial charge in [-0.2, -0.15) is 0 Å². The molecule has 0 spiro atoms. The molecule has 0 atom stereocenters. The Bertz CT molecular complexity index is 967. The molecule has 2 amide bonds. The van der Waals surface area contributed by atoms with Crippen LogP contribution in [0.25, 0.3) is 0 Å². The largest absolute Gasteiger partial charge is 0.454 e. The normalized spacial score (nSPS) is 17.3. The number of hydrogen-bond acceptors (Lipinski definition) is 5. The Labute approximate surface area is 199 Å². The Balaban J connectivity index is 1.26. The lowest BCUT2D eigenvalue weighted by Crippen LogP contribution is -2.43. The minimum atomic E-state index is 0.00202. The molecule has 0 unspecified atom stereocenters. The third kappa shape index (κ3) is 5.69. The van der Waals surface area contributed by atoms with Crippen LogP contribution in [0.3, 0.4) is 0 Å². The monoisotopic (exact) mass is 468 g/mol. The Morgan fingerprint density at radius 3 is 2.55 bits per heavy atom. The standard InChI is InChI=1S/C26H32N2O4S/c29-25(12-8-19-4-1-2-5-19)28(21-9-10-21)17-26(30)27(16-22-6-3-13-33-22)15-20-7-11-23-24(14-20)32-18-31-23/h3,6-7,11,13-14,19,21H,1-2,4-5,8-10,12,15-18H2. The van der Waals surface area contributed by atoms with Crippen LogP contribution in [0.5, 0.6) is 11.5 Å². The minimum Gasteiger partial charge on any atom is -0.454 e. The van der Waals surface area contributed by atoms with Crippen LogP contribution in [-0.2, 0) is 22.7 Å². The smallest absolute Gasteiger partial charge is 0.242 e. The van der Waals surface area contributed by atoms with E-state index in [1.165, 1.54) is 25.7 Å². The summed E-state index contributed by atoms with van der Waals surface area (Å²) in [6, 6.07) is 10.1.